The number of nitrogens with zero attached hydrogens (tertiary/aromatic N) is 4. The number of aryl methyl sites for hydroxylation is 1. The minimum atomic E-state index is 0.362. The van der Waals surface area contributed by atoms with Crippen molar-refractivity contribution in [2.24, 2.45) is 7.05 Å². The summed E-state index contributed by atoms with van der Waals surface area (Å²) in [5.41, 5.74) is 5.34. The molecule has 27 heavy (non-hydrogen) atoms. The van der Waals surface area contributed by atoms with Gasteiger partial charge in [0.25, 0.3) is 0 Å². The number of fused-ring (bicyclic) bond motifs is 4. The monoisotopic (exact) mass is 359 g/mol. The van der Waals surface area contributed by atoms with Gasteiger partial charge in [0.1, 0.15) is 11.4 Å². The molecule has 4 aromatic heterocycles. The van der Waals surface area contributed by atoms with E-state index in [0.29, 0.717) is 6.04 Å². The second kappa shape index (κ2) is 5.61. The Kier molecular flexibility index (Phi) is 3.31. The third-order valence-electron chi connectivity index (χ3n) is 5.24. The van der Waals surface area contributed by atoms with Crippen LogP contribution in [0.3, 0.4) is 0 Å². The van der Waals surface area contributed by atoms with Crippen LogP contribution in [0.1, 0.15) is 19.9 Å². The van der Waals surface area contributed by atoms with Crippen LogP contribution in [0.15, 0.2) is 42.9 Å². The van der Waals surface area contributed by atoms with Crippen molar-refractivity contribution in [3.8, 4) is 17.0 Å². The minimum Gasteiger partial charge on any atom is -0.497 e. The zero-order valence-electron chi connectivity index (χ0n) is 15.8. The van der Waals surface area contributed by atoms with Gasteiger partial charge in [-0.15, -0.1) is 0 Å². The second-order valence-corrected chi connectivity index (χ2v) is 7.20. The first-order valence-corrected chi connectivity index (χ1v) is 9.05. The standard InChI is InChI=1S/C21H21N5O/c1-12(2)26-11-17(15-7-14(27-4)5-6-19(15)26)18-8-16-20-13(10-23-25(20)3)9-22-21(16)24-18/h5-12H,1-4H3,(H,22,24). The van der Waals surface area contributed by atoms with E-state index in [9.17, 15) is 0 Å². The highest BCUT2D eigenvalue weighted by Crippen LogP contribution is 2.36. The quantitative estimate of drug-likeness (QED) is 0.510. The molecule has 4 heterocycles. The molecular formula is C21H21N5O. The smallest absolute Gasteiger partial charge is 0.139 e. The first kappa shape index (κ1) is 15.9. The average Bonchev–Trinajstić information content (AvgIpc) is 3.35. The Labute approximate surface area is 156 Å². The number of nitrogens with one attached hydrogen (secondary N) is 1. The van der Waals surface area contributed by atoms with E-state index in [0.717, 1.165) is 44.3 Å². The van der Waals surface area contributed by atoms with Gasteiger partial charge in [0.15, 0.2) is 0 Å². The van der Waals surface area contributed by atoms with E-state index in [1.807, 2.05) is 30.2 Å². The fourth-order valence-electron chi connectivity index (χ4n) is 3.89. The van der Waals surface area contributed by atoms with Gasteiger partial charge < -0.3 is 14.3 Å². The number of methoxy groups -OCH3 is 1. The summed E-state index contributed by atoms with van der Waals surface area (Å²) < 4.78 is 9.66. The summed E-state index contributed by atoms with van der Waals surface area (Å²) >= 11 is 0. The Morgan fingerprint density at radius 2 is 1.96 bits per heavy atom. The lowest BCUT2D eigenvalue weighted by Gasteiger charge is -2.09. The maximum absolute atomic E-state index is 5.46. The van der Waals surface area contributed by atoms with Crippen LogP contribution in [0.2, 0.25) is 0 Å². The molecule has 0 saturated heterocycles. The molecule has 6 heteroatoms. The number of aromatic amines is 1. The molecule has 1 aromatic carbocycles. The molecule has 0 saturated carbocycles. The van der Waals surface area contributed by atoms with Crippen LogP contribution in [0.5, 0.6) is 5.75 Å². The van der Waals surface area contributed by atoms with Crippen LogP contribution in [-0.2, 0) is 7.05 Å². The molecule has 0 aliphatic rings. The number of benzene rings is 1. The van der Waals surface area contributed by atoms with E-state index in [-0.39, 0.29) is 0 Å². The average molecular weight is 359 g/mol. The van der Waals surface area contributed by atoms with Gasteiger partial charge in [-0.3, -0.25) is 4.68 Å². The second-order valence-electron chi connectivity index (χ2n) is 7.20. The Hall–Kier alpha value is -3.28. The van der Waals surface area contributed by atoms with Gasteiger partial charge in [-0.1, -0.05) is 0 Å². The number of H-pyrrole nitrogens is 1. The normalized spacial score (nSPS) is 12.0. The first-order chi connectivity index (χ1) is 13.1. The fourth-order valence-corrected chi connectivity index (χ4v) is 3.89. The summed E-state index contributed by atoms with van der Waals surface area (Å²) in [4.78, 5) is 8.08. The topological polar surface area (TPSA) is 60.7 Å². The van der Waals surface area contributed by atoms with Gasteiger partial charge in [-0.05, 0) is 38.1 Å². The van der Waals surface area contributed by atoms with Crippen molar-refractivity contribution < 1.29 is 4.74 Å². The van der Waals surface area contributed by atoms with Gasteiger partial charge in [0.05, 0.1) is 18.8 Å². The van der Waals surface area contributed by atoms with Crippen molar-refractivity contribution in [2.75, 3.05) is 7.11 Å². The number of ether oxygens (including phenoxy) is 1. The van der Waals surface area contributed by atoms with E-state index in [2.05, 4.69) is 57.9 Å². The molecule has 0 bridgehead atoms. The summed E-state index contributed by atoms with van der Waals surface area (Å²) in [6.07, 6.45) is 5.93. The first-order valence-electron chi connectivity index (χ1n) is 9.05. The summed E-state index contributed by atoms with van der Waals surface area (Å²) in [5, 5.41) is 7.66. The summed E-state index contributed by atoms with van der Waals surface area (Å²) in [5.74, 6) is 0.855. The lowest BCUT2D eigenvalue weighted by Crippen LogP contribution is -1.97. The van der Waals surface area contributed by atoms with Gasteiger partial charge in [0, 0.05) is 58.4 Å². The maximum atomic E-state index is 5.46. The molecule has 136 valence electrons. The van der Waals surface area contributed by atoms with Gasteiger partial charge in [-0.2, -0.15) is 5.10 Å². The van der Waals surface area contributed by atoms with Crippen molar-refractivity contribution in [2.45, 2.75) is 19.9 Å². The molecule has 0 radical (unpaired) electrons. The van der Waals surface area contributed by atoms with Crippen LogP contribution < -0.4 is 4.74 Å². The van der Waals surface area contributed by atoms with Gasteiger partial charge in [0.2, 0.25) is 0 Å². The third-order valence-corrected chi connectivity index (χ3v) is 5.24. The molecule has 5 rings (SSSR count). The molecule has 0 spiro atoms. The third kappa shape index (κ3) is 2.26. The molecule has 0 unspecified atom stereocenters. The molecule has 0 aliphatic carbocycles. The highest BCUT2D eigenvalue weighted by molar-refractivity contribution is 6.06. The number of hydrogen-bond donors (Lipinski definition) is 1. The summed E-state index contributed by atoms with van der Waals surface area (Å²) in [6.45, 7) is 4.39. The van der Waals surface area contributed by atoms with Crippen LogP contribution in [0, 0.1) is 0 Å². The molecule has 5 aromatic rings. The van der Waals surface area contributed by atoms with Crippen LogP contribution >= 0.6 is 0 Å². The van der Waals surface area contributed by atoms with Crippen molar-refractivity contribution in [3.63, 3.8) is 0 Å². The zero-order valence-corrected chi connectivity index (χ0v) is 15.8. The molecule has 6 nitrogen and oxygen atoms in total. The summed E-state index contributed by atoms with van der Waals surface area (Å²) in [6, 6.07) is 8.77. The molecule has 0 amide bonds. The van der Waals surface area contributed by atoms with Crippen LogP contribution in [-0.4, -0.2) is 31.4 Å². The van der Waals surface area contributed by atoms with Crippen molar-refractivity contribution in [3.05, 3.63) is 42.9 Å². The minimum absolute atomic E-state index is 0.362. The molecule has 0 aliphatic heterocycles. The van der Waals surface area contributed by atoms with Gasteiger partial charge >= 0.3 is 0 Å². The lowest BCUT2D eigenvalue weighted by molar-refractivity contribution is 0.415. The SMILES string of the molecule is COc1ccc2c(c1)c(-c1cc3c(ncc4cnn(C)c43)[nH]1)cn2C(C)C. The molecular weight excluding hydrogens is 338 g/mol. The van der Waals surface area contributed by atoms with Crippen molar-refractivity contribution >= 4 is 32.8 Å². The van der Waals surface area contributed by atoms with E-state index in [1.54, 1.807) is 7.11 Å². The number of aromatic nitrogens is 5. The van der Waals surface area contributed by atoms with E-state index in [4.69, 9.17) is 4.74 Å². The number of hydrogen-bond acceptors (Lipinski definition) is 3. The van der Waals surface area contributed by atoms with Crippen molar-refractivity contribution in [1.29, 1.82) is 0 Å². The zero-order chi connectivity index (χ0) is 18.7. The van der Waals surface area contributed by atoms with Crippen molar-refractivity contribution in [1.82, 2.24) is 24.3 Å². The Morgan fingerprint density at radius 3 is 2.74 bits per heavy atom. The Bertz CT molecular complexity index is 1300. The molecule has 0 fully saturated rings. The molecule has 1 N–H and O–H groups in total. The van der Waals surface area contributed by atoms with Crippen LogP contribution in [0.25, 0.3) is 44.1 Å². The Morgan fingerprint density at radius 1 is 1.11 bits per heavy atom. The maximum Gasteiger partial charge on any atom is 0.139 e. The predicted octanol–water partition coefficient (Wildman–Crippen LogP) is 4.66. The summed E-state index contributed by atoms with van der Waals surface area (Å²) in [7, 11) is 3.66. The van der Waals surface area contributed by atoms with E-state index >= 15 is 0 Å². The van der Waals surface area contributed by atoms with Gasteiger partial charge in [-0.25, -0.2) is 4.98 Å². The lowest BCUT2D eigenvalue weighted by atomic mass is 10.1. The predicted molar refractivity (Wildman–Crippen MR) is 108 cm³/mol. The Balaban J connectivity index is 1.82. The number of pyridine rings is 1. The largest absolute Gasteiger partial charge is 0.497 e. The fraction of sp³-hybridized carbons (Fsp3) is 0.238. The van der Waals surface area contributed by atoms with E-state index in [1.165, 1.54) is 5.52 Å². The van der Waals surface area contributed by atoms with E-state index < -0.39 is 0 Å². The van der Waals surface area contributed by atoms with Crippen LogP contribution in [0.4, 0.5) is 0 Å². The highest BCUT2D eigenvalue weighted by atomic mass is 16.5. The molecule has 0 atom stereocenters. The number of rotatable bonds is 3. The highest BCUT2D eigenvalue weighted by Gasteiger charge is 2.17.